The van der Waals surface area contributed by atoms with E-state index in [4.69, 9.17) is 4.74 Å². The summed E-state index contributed by atoms with van der Waals surface area (Å²) in [4.78, 5) is 2.33. The van der Waals surface area contributed by atoms with Crippen LogP contribution in [0.3, 0.4) is 0 Å². The lowest BCUT2D eigenvalue weighted by atomic mass is 10.2. The van der Waals surface area contributed by atoms with Crippen LogP contribution >= 0.6 is 0 Å². The van der Waals surface area contributed by atoms with E-state index in [1.807, 2.05) is 0 Å². The lowest BCUT2D eigenvalue weighted by Crippen LogP contribution is -2.38. The van der Waals surface area contributed by atoms with Gasteiger partial charge in [0.25, 0.3) is 0 Å². The van der Waals surface area contributed by atoms with Crippen LogP contribution in [0.2, 0.25) is 0 Å². The van der Waals surface area contributed by atoms with Gasteiger partial charge < -0.3 is 9.84 Å². The Labute approximate surface area is 87.1 Å². The lowest BCUT2D eigenvalue weighted by Gasteiger charge is -2.26. The molecule has 3 nitrogen and oxygen atoms in total. The van der Waals surface area contributed by atoms with Crippen molar-refractivity contribution in [1.82, 2.24) is 4.90 Å². The first-order valence-corrected chi connectivity index (χ1v) is 5.56. The Hall–Kier alpha value is -0.120. The van der Waals surface area contributed by atoms with Crippen LogP contribution in [0.25, 0.3) is 0 Å². The Kier molecular flexibility index (Phi) is 4.35. The van der Waals surface area contributed by atoms with Crippen LogP contribution in [-0.4, -0.2) is 47.4 Å². The highest BCUT2D eigenvalue weighted by atomic mass is 16.5. The summed E-state index contributed by atoms with van der Waals surface area (Å²) in [5.74, 6) is 0. The van der Waals surface area contributed by atoms with Crippen molar-refractivity contribution in [2.75, 3.05) is 13.2 Å². The van der Waals surface area contributed by atoms with Gasteiger partial charge in [0.1, 0.15) is 0 Å². The summed E-state index contributed by atoms with van der Waals surface area (Å²) in [6.45, 7) is 9.66. The third-order valence-corrected chi connectivity index (χ3v) is 2.76. The Bertz CT molecular complexity index is 171. The molecule has 1 aliphatic rings. The number of aliphatic hydroxyl groups is 1. The highest BCUT2D eigenvalue weighted by Gasteiger charge is 2.33. The van der Waals surface area contributed by atoms with Crippen molar-refractivity contribution < 1.29 is 9.84 Å². The van der Waals surface area contributed by atoms with Crippen LogP contribution in [0.4, 0.5) is 0 Å². The van der Waals surface area contributed by atoms with Crippen molar-refractivity contribution in [3.63, 3.8) is 0 Å². The number of aliphatic hydroxyl groups excluding tert-OH is 1. The maximum Gasteiger partial charge on any atom is 0.0721 e. The number of likely N-dealkylation sites (tertiary alicyclic amines) is 1. The van der Waals surface area contributed by atoms with Gasteiger partial charge in [0.2, 0.25) is 0 Å². The molecule has 14 heavy (non-hydrogen) atoms. The molecule has 84 valence electrons. The number of ether oxygens (including phenoxy) is 1. The van der Waals surface area contributed by atoms with Gasteiger partial charge in [-0.3, -0.25) is 4.90 Å². The fraction of sp³-hybridized carbons (Fsp3) is 1.00. The summed E-state index contributed by atoms with van der Waals surface area (Å²) in [5, 5.41) is 9.24. The Morgan fingerprint density at radius 3 is 2.36 bits per heavy atom. The van der Waals surface area contributed by atoms with E-state index in [1.54, 1.807) is 0 Å². The molecule has 2 atom stereocenters. The van der Waals surface area contributed by atoms with Crippen molar-refractivity contribution in [3.05, 3.63) is 0 Å². The van der Waals surface area contributed by atoms with E-state index in [0.29, 0.717) is 18.2 Å². The highest BCUT2D eigenvalue weighted by Crippen LogP contribution is 2.23. The fourth-order valence-corrected chi connectivity index (χ4v) is 2.19. The Morgan fingerprint density at radius 1 is 1.36 bits per heavy atom. The second-order valence-corrected chi connectivity index (χ2v) is 4.67. The van der Waals surface area contributed by atoms with E-state index >= 15 is 0 Å². The van der Waals surface area contributed by atoms with E-state index in [0.717, 1.165) is 13.0 Å². The van der Waals surface area contributed by atoms with E-state index in [1.165, 1.54) is 0 Å². The standard InChI is InChI=1S/C11H23NO2/c1-8(2)12-6-11(14-9(3)4)5-10(12)7-13/h8-11,13H,5-7H2,1-4H3. The van der Waals surface area contributed by atoms with Crippen molar-refractivity contribution in [2.24, 2.45) is 0 Å². The third kappa shape index (κ3) is 2.94. The smallest absolute Gasteiger partial charge is 0.0721 e. The van der Waals surface area contributed by atoms with E-state index < -0.39 is 0 Å². The zero-order valence-electron chi connectivity index (χ0n) is 9.73. The zero-order chi connectivity index (χ0) is 10.7. The summed E-state index contributed by atoms with van der Waals surface area (Å²) in [5.41, 5.74) is 0. The Balaban J connectivity index is 2.47. The predicted octanol–water partition coefficient (Wildman–Crippen LogP) is 1.26. The Morgan fingerprint density at radius 2 is 2.00 bits per heavy atom. The molecule has 1 fully saturated rings. The molecule has 0 amide bonds. The van der Waals surface area contributed by atoms with Crippen LogP contribution in [0, 0.1) is 0 Å². The molecule has 1 aliphatic heterocycles. The molecule has 0 saturated carbocycles. The molecule has 0 spiro atoms. The molecule has 0 aromatic rings. The van der Waals surface area contributed by atoms with Gasteiger partial charge in [-0.05, 0) is 34.1 Å². The highest BCUT2D eigenvalue weighted by molar-refractivity contribution is 4.87. The fourth-order valence-electron chi connectivity index (χ4n) is 2.19. The first kappa shape index (κ1) is 12.0. The van der Waals surface area contributed by atoms with Crippen LogP contribution in [-0.2, 0) is 4.74 Å². The van der Waals surface area contributed by atoms with Gasteiger partial charge in [-0.15, -0.1) is 0 Å². The average Bonchev–Trinajstić information content (AvgIpc) is 2.46. The molecule has 2 unspecified atom stereocenters. The van der Waals surface area contributed by atoms with Gasteiger partial charge in [-0.2, -0.15) is 0 Å². The largest absolute Gasteiger partial charge is 0.395 e. The minimum atomic E-state index is 0.246. The molecule has 1 heterocycles. The lowest BCUT2D eigenvalue weighted by molar-refractivity contribution is 0.0124. The topological polar surface area (TPSA) is 32.7 Å². The number of hydrogen-bond acceptors (Lipinski definition) is 3. The second kappa shape index (κ2) is 5.10. The maximum atomic E-state index is 9.24. The normalized spacial score (nSPS) is 29.4. The molecule has 1 rings (SSSR count). The van der Waals surface area contributed by atoms with Crippen LogP contribution in [0.5, 0.6) is 0 Å². The number of rotatable bonds is 4. The molecule has 0 aliphatic carbocycles. The monoisotopic (exact) mass is 201 g/mol. The van der Waals surface area contributed by atoms with Crippen LogP contribution < -0.4 is 0 Å². The summed E-state index contributed by atoms with van der Waals surface area (Å²) < 4.78 is 5.77. The molecule has 1 N–H and O–H groups in total. The van der Waals surface area contributed by atoms with Gasteiger partial charge in [0, 0.05) is 18.6 Å². The van der Waals surface area contributed by atoms with Gasteiger partial charge in [-0.1, -0.05) is 0 Å². The molecule has 0 aromatic heterocycles. The molecular weight excluding hydrogens is 178 g/mol. The van der Waals surface area contributed by atoms with Gasteiger partial charge in [0.05, 0.1) is 18.8 Å². The molecular formula is C11H23NO2. The minimum Gasteiger partial charge on any atom is -0.395 e. The van der Waals surface area contributed by atoms with Crippen molar-refractivity contribution in [2.45, 2.75) is 58.4 Å². The SMILES string of the molecule is CC(C)OC1CC(CO)N(C(C)C)C1. The first-order chi connectivity index (χ1) is 6.54. The van der Waals surface area contributed by atoms with Crippen LogP contribution in [0.1, 0.15) is 34.1 Å². The molecule has 0 bridgehead atoms. The van der Waals surface area contributed by atoms with Crippen LogP contribution in [0.15, 0.2) is 0 Å². The summed E-state index contributed by atoms with van der Waals surface area (Å²) in [6.07, 6.45) is 1.55. The maximum absolute atomic E-state index is 9.24. The third-order valence-electron chi connectivity index (χ3n) is 2.76. The first-order valence-electron chi connectivity index (χ1n) is 5.56. The number of nitrogens with zero attached hydrogens (tertiary/aromatic N) is 1. The quantitative estimate of drug-likeness (QED) is 0.743. The molecule has 0 radical (unpaired) electrons. The van der Waals surface area contributed by atoms with Crippen molar-refractivity contribution in [3.8, 4) is 0 Å². The molecule has 0 aromatic carbocycles. The number of hydrogen-bond donors (Lipinski definition) is 1. The summed E-state index contributed by atoms with van der Waals surface area (Å²) in [7, 11) is 0. The summed E-state index contributed by atoms with van der Waals surface area (Å²) in [6, 6.07) is 0.784. The summed E-state index contributed by atoms with van der Waals surface area (Å²) >= 11 is 0. The van der Waals surface area contributed by atoms with E-state index in [9.17, 15) is 5.11 Å². The minimum absolute atomic E-state index is 0.246. The van der Waals surface area contributed by atoms with Gasteiger partial charge in [0.15, 0.2) is 0 Å². The molecule has 3 heteroatoms. The van der Waals surface area contributed by atoms with E-state index in [-0.39, 0.29) is 12.7 Å². The van der Waals surface area contributed by atoms with Gasteiger partial charge >= 0.3 is 0 Å². The van der Waals surface area contributed by atoms with Gasteiger partial charge in [-0.25, -0.2) is 0 Å². The zero-order valence-corrected chi connectivity index (χ0v) is 9.73. The molecule has 1 saturated heterocycles. The second-order valence-electron chi connectivity index (χ2n) is 4.67. The van der Waals surface area contributed by atoms with Crippen molar-refractivity contribution in [1.29, 1.82) is 0 Å². The van der Waals surface area contributed by atoms with Crippen molar-refractivity contribution >= 4 is 0 Å². The average molecular weight is 201 g/mol. The predicted molar refractivity (Wildman–Crippen MR) is 57.3 cm³/mol. The van der Waals surface area contributed by atoms with E-state index in [2.05, 4.69) is 32.6 Å².